The number of halogens is 2. The highest BCUT2D eigenvalue weighted by Gasteiger charge is 2.14. The fourth-order valence-electron chi connectivity index (χ4n) is 2.83. The Labute approximate surface area is 200 Å². The number of hydrogen-bond donors (Lipinski definition) is 1. The van der Waals surface area contributed by atoms with Crippen molar-refractivity contribution in [2.45, 2.75) is 13.5 Å². The monoisotopic (exact) mass is 481 g/mol. The van der Waals surface area contributed by atoms with Crippen LogP contribution in [0.5, 0.6) is 5.75 Å². The van der Waals surface area contributed by atoms with Crippen molar-refractivity contribution in [3.8, 4) is 11.8 Å². The molecule has 0 aliphatic carbocycles. The average molecular weight is 482 g/mol. The lowest BCUT2D eigenvalue weighted by Gasteiger charge is -2.10. The number of carbonyl (C=O) groups excluding carboxylic acids is 1. The van der Waals surface area contributed by atoms with Gasteiger partial charge in [-0.1, -0.05) is 47.5 Å². The van der Waals surface area contributed by atoms with E-state index < -0.39 is 10.8 Å². The molecule has 166 valence electrons. The number of non-ortho nitro benzene ring substituents is 1. The van der Waals surface area contributed by atoms with Crippen LogP contribution in [0.3, 0.4) is 0 Å². The number of hydrogen-bond acceptors (Lipinski definition) is 5. The van der Waals surface area contributed by atoms with Gasteiger partial charge in [0.15, 0.2) is 0 Å². The molecule has 1 amide bonds. The summed E-state index contributed by atoms with van der Waals surface area (Å²) in [7, 11) is 0. The van der Waals surface area contributed by atoms with Gasteiger partial charge in [0.05, 0.1) is 15.6 Å². The number of amides is 1. The maximum Gasteiger partial charge on any atom is 0.271 e. The predicted octanol–water partition coefficient (Wildman–Crippen LogP) is 6.33. The lowest BCUT2D eigenvalue weighted by atomic mass is 10.1. The highest BCUT2D eigenvalue weighted by molar-refractivity contribution is 6.32. The molecule has 0 aliphatic rings. The molecular formula is C24H17Cl2N3O4. The van der Waals surface area contributed by atoms with Gasteiger partial charge in [0.25, 0.3) is 11.6 Å². The van der Waals surface area contributed by atoms with E-state index in [2.05, 4.69) is 5.32 Å². The summed E-state index contributed by atoms with van der Waals surface area (Å²) in [5.74, 6) is -0.251. The number of nitrogens with zero attached hydrogens (tertiary/aromatic N) is 2. The quantitative estimate of drug-likeness (QED) is 0.183. The molecule has 33 heavy (non-hydrogen) atoms. The van der Waals surface area contributed by atoms with Crippen LogP contribution in [0.25, 0.3) is 6.08 Å². The third kappa shape index (κ3) is 6.32. The van der Waals surface area contributed by atoms with E-state index in [1.54, 1.807) is 37.3 Å². The van der Waals surface area contributed by atoms with E-state index >= 15 is 0 Å². The first-order valence-electron chi connectivity index (χ1n) is 9.62. The molecule has 0 unspecified atom stereocenters. The van der Waals surface area contributed by atoms with E-state index in [1.165, 1.54) is 24.3 Å². The Hall–Kier alpha value is -3.86. The van der Waals surface area contributed by atoms with E-state index in [-0.39, 0.29) is 16.9 Å². The van der Waals surface area contributed by atoms with Gasteiger partial charge < -0.3 is 10.1 Å². The molecule has 0 aromatic heterocycles. The number of ether oxygens (including phenoxy) is 1. The molecule has 0 bridgehead atoms. The molecule has 7 nitrogen and oxygen atoms in total. The van der Waals surface area contributed by atoms with Gasteiger partial charge in [0.1, 0.15) is 24.0 Å². The molecule has 3 aromatic rings. The Kier molecular flexibility index (Phi) is 7.67. The lowest BCUT2D eigenvalue weighted by molar-refractivity contribution is -0.384. The zero-order valence-electron chi connectivity index (χ0n) is 17.3. The molecule has 0 saturated heterocycles. The number of nitro groups is 1. The fraction of sp³-hybridized carbons (Fsp3) is 0.0833. The van der Waals surface area contributed by atoms with Gasteiger partial charge >= 0.3 is 0 Å². The van der Waals surface area contributed by atoms with Crippen LogP contribution in [0, 0.1) is 28.4 Å². The maximum atomic E-state index is 12.6. The van der Waals surface area contributed by atoms with E-state index in [0.29, 0.717) is 33.5 Å². The first-order chi connectivity index (χ1) is 15.8. The summed E-state index contributed by atoms with van der Waals surface area (Å²) >= 11 is 12.2. The molecule has 0 spiro atoms. The van der Waals surface area contributed by atoms with Crippen molar-refractivity contribution >= 4 is 46.6 Å². The molecule has 0 radical (unpaired) electrons. The maximum absolute atomic E-state index is 12.6. The third-order valence-corrected chi connectivity index (χ3v) is 5.17. The molecular weight excluding hydrogens is 465 g/mol. The van der Waals surface area contributed by atoms with Crippen LogP contribution in [0.1, 0.15) is 16.7 Å². The topological polar surface area (TPSA) is 105 Å². The van der Waals surface area contributed by atoms with Crippen molar-refractivity contribution in [2.24, 2.45) is 0 Å². The SMILES string of the molecule is Cc1ccc([N+](=O)[O-])cc1NC(=O)/C(C#N)=C/c1ccc(OCc2ccc(Cl)cc2)c(Cl)c1. The van der Waals surface area contributed by atoms with Crippen molar-refractivity contribution in [1.82, 2.24) is 0 Å². The van der Waals surface area contributed by atoms with Crippen LogP contribution in [0.15, 0.2) is 66.2 Å². The fourth-order valence-corrected chi connectivity index (χ4v) is 3.20. The van der Waals surface area contributed by atoms with E-state index in [9.17, 15) is 20.2 Å². The molecule has 3 aromatic carbocycles. The number of carbonyl (C=O) groups is 1. The van der Waals surface area contributed by atoms with Gasteiger partial charge in [-0.15, -0.1) is 0 Å². The molecule has 1 N–H and O–H groups in total. The minimum absolute atomic E-state index is 0.167. The number of anilines is 1. The third-order valence-electron chi connectivity index (χ3n) is 4.62. The molecule has 0 atom stereocenters. The van der Waals surface area contributed by atoms with Crippen molar-refractivity contribution in [3.63, 3.8) is 0 Å². The summed E-state index contributed by atoms with van der Waals surface area (Å²) in [5.41, 5.74) is 1.95. The van der Waals surface area contributed by atoms with Crippen molar-refractivity contribution in [3.05, 3.63) is 103 Å². The molecule has 3 rings (SSSR count). The van der Waals surface area contributed by atoms with Crippen LogP contribution >= 0.6 is 23.2 Å². The zero-order chi connectivity index (χ0) is 24.0. The summed E-state index contributed by atoms with van der Waals surface area (Å²) in [4.78, 5) is 23.0. The summed E-state index contributed by atoms with van der Waals surface area (Å²) in [6, 6.07) is 18.0. The van der Waals surface area contributed by atoms with Gasteiger partial charge in [-0.3, -0.25) is 14.9 Å². The minimum Gasteiger partial charge on any atom is -0.487 e. The summed E-state index contributed by atoms with van der Waals surface area (Å²) < 4.78 is 5.72. The zero-order valence-corrected chi connectivity index (χ0v) is 18.9. The molecule has 9 heteroatoms. The number of nitriles is 1. The second kappa shape index (κ2) is 10.6. The van der Waals surface area contributed by atoms with Crippen LogP contribution in [0.4, 0.5) is 11.4 Å². The van der Waals surface area contributed by atoms with E-state index in [4.69, 9.17) is 27.9 Å². The normalized spacial score (nSPS) is 10.9. The van der Waals surface area contributed by atoms with Crippen molar-refractivity contribution < 1.29 is 14.5 Å². The predicted molar refractivity (Wildman–Crippen MR) is 127 cm³/mol. The Morgan fingerprint density at radius 1 is 1.15 bits per heavy atom. The minimum atomic E-state index is -0.694. The Morgan fingerprint density at radius 3 is 2.52 bits per heavy atom. The Balaban J connectivity index is 1.74. The molecule has 0 saturated carbocycles. The summed E-state index contributed by atoms with van der Waals surface area (Å²) in [6.45, 7) is 1.98. The van der Waals surface area contributed by atoms with Crippen LogP contribution in [-0.4, -0.2) is 10.8 Å². The molecule has 0 heterocycles. The first kappa shape index (κ1) is 23.8. The van der Waals surface area contributed by atoms with Crippen molar-refractivity contribution in [1.29, 1.82) is 5.26 Å². The molecule has 0 fully saturated rings. The Morgan fingerprint density at radius 2 is 1.88 bits per heavy atom. The largest absolute Gasteiger partial charge is 0.487 e. The highest BCUT2D eigenvalue weighted by Crippen LogP contribution is 2.28. The summed E-state index contributed by atoms with van der Waals surface area (Å²) in [6.07, 6.45) is 1.37. The second-order valence-electron chi connectivity index (χ2n) is 6.99. The highest BCUT2D eigenvalue weighted by atomic mass is 35.5. The van der Waals surface area contributed by atoms with Crippen molar-refractivity contribution in [2.75, 3.05) is 5.32 Å². The average Bonchev–Trinajstić information content (AvgIpc) is 2.79. The van der Waals surface area contributed by atoms with Crippen LogP contribution in [-0.2, 0) is 11.4 Å². The van der Waals surface area contributed by atoms with Gasteiger partial charge in [0, 0.05) is 17.2 Å². The standard InChI is InChI=1S/C24H17Cl2N3O4/c1-15-2-8-20(29(31)32)12-22(15)28-24(30)18(13-27)10-17-5-9-23(21(26)11-17)33-14-16-3-6-19(25)7-4-16/h2-12H,14H2,1H3,(H,28,30)/b18-10+. The number of nitrogens with one attached hydrogen (secondary N) is 1. The van der Waals surface area contributed by atoms with Gasteiger partial charge in [0.2, 0.25) is 0 Å². The van der Waals surface area contributed by atoms with Crippen LogP contribution in [0.2, 0.25) is 10.0 Å². The smallest absolute Gasteiger partial charge is 0.271 e. The first-order valence-corrected chi connectivity index (χ1v) is 10.4. The van der Waals surface area contributed by atoms with Gasteiger partial charge in [-0.25, -0.2) is 0 Å². The number of aryl methyl sites for hydroxylation is 1. The Bertz CT molecular complexity index is 1280. The number of benzene rings is 3. The van der Waals surface area contributed by atoms with E-state index in [0.717, 1.165) is 5.56 Å². The van der Waals surface area contributed by atoms with Gasteiger partial charge in [-0.2, -0.15) is 5.26 Å². The lowest BCUT2D eigenvalue weighted by Crippen LogP contribution is -2.14. The van der Waals surface area contributed by atoms with E-state index in [1.807, 2.05) is 18.2 Å². The number of rotatable bonds is 7. The van der Waals surface area contributed by atoms with Crippen LogP contribution < -0.4 is 10.1 Å². The van der Waals surface area contributed by atoms with Gasteiger partial charge in [-0.05, 0) is 54.0 Å². The molecule has 0 aliphatic heterocycles. The second-order valence-corrected chi connectivity index (χ2v) is 7.83. The number of nitro benzene ring substituents is 1. The summed E-state index contributed by atoms with van der Waals surface area (Å²) in [5, 5.41) is 23.9.